The van der Waals surface area contributed by atoms with E-state index in [-0.39, 0.29) is 5.75 Å². The third kappa shape index (κ3) is 6.52. The van der Waals surface area contributed by atoms with Crippen LogP contribution in [0.4, 0.5) is 0 Å². The van der Waals surface area contributed by atoms with E-state index in [0.717, 1.165) is 26.1 Å². The van der Waals surface area contributed by atoms with Crippen molar-refractivity contribution in [1.82, 2.24) is 14.5 Å². The predicted molar refractivity (Wildman–Crippen MR) is 84.5 cm³/mol. The summed E-state index contributed by atoms with van der Waals surface area (Å²) in [5.74, 6) is 0.225. The van der Waals surface area contributed by atoms with Gasteiger partial charge in [0.1, 0.15) is 0 Å². The number of hydrogen-bond acceptors (Lipinski definition) is 4. The zero-order valence-electron chi connectivity index (χ0n) is 13.3. The van der Waals surface area contributed by atoms with E-state index in [1.165, 1.54) is 12.8 Å². The number of nitrogens with one attached hydrogen (secondary N) is 1. The van der Waals surface area contributed by atoms with Gasteiger partial charge in [0, 0.05) is 25.7 Å². The zero-order chi connectivity index (χ0) is 15.0. The molecule has 1 aliphatic carbocycles. The van der Waals surface area contributed by atoms with Gasteiger partial charge in [-0.25, -0.2) is 12.7 Å². The number of rotatable bonds is 12. The Kier molecular flexibility index (Phi) is 8.02. The Labute approximate surface area is 124 Å². The molecular weight excluding hydrogens is 274 g/mol. The van der Waals surface area contributed by atoms with Gasteiger partial charge in [0.15, 0.2) is 0 Å². The van der Waals surface area contributed by atoms with Crippen molar-refractivity contribution in [2.24, 2.45) is 0 Å². The predicted octanol–water partition coefficient (Wildman–Crippen LogP) is 1.12. The fraction of sp³-hybridized carbons (Fsp3) is 1.00. The van der Waals surface area contributed by atoms with Gasteiger partial charge in [0.05, 0.1) is 5.75 Å². The molecule has 120 valence electrons. The molecule has 0 atom stereocenters. The van der Waals surface area contributed by atoms with Gasteiger partial charge >= 0.3 is 0 Å². The van der Waals surface area contributed by atoms with Crippen LogP contribution < -0.4 is 5.32 Å². The molecular formula is C14H31N3O2S. The highest BCUT2D eigenvalue weighted by molar-refractivity contribution is 7.89. The van der Waals surface area contributed by atoms with Crippen LogP contribution in [0.1, 0.15) is 40.0 Å². The van der Waals surface area contributed by atoms with Crippen molar-refractivity contribution in [1.29, 1.82) is 0 Å². The first kappa shape index (κ1) is 17.9. The highest BCUT2D eigenvalue weighted by Crippen LogP contribution is 2.18. The van der Waals surface area contributed by atoms with Gasteiger partial charge in [-0.1, -0.05) is 20.8 Å². The Balaban J connectivity index is 2.30. The Morgan fingerprint density at radius 3 is 2.20 bits per heavy atom. The van der Waals surface area contributed by atoms with Crippen LogP contribution in [0.25, 0.3) is 0 Å². The van der Waals surface area contributed by atoms with E-state index < -0.39 is 10.0 Å². The third-order valence-corrected chi connectivity index (χ3v) is 5.84. The van der Waals surface area contributed by atoms with Crippen molar-refractivity contribution in [2.45, 2.75) is 46.1 Å². The van der Waals surface area contributed by atoms with Gasteiger partial charge in [-0.15, -0.1) is 0 Å². The first-order chi connectivity index (χ1) is 9.53. The molecule has 0 unspecified atom stereocenters. The average molecular weight is 305 g/mol. The van der Waals surface area contributed by atoms with E-state index in [1.807, 2.05) is 6.92 Å². The number of nitrogens with zero attached hydrogens (tertiary/aromatic N) is 2. The van der Waals surface area contributed by atoms with Gasteiger partial charge < -0.3 is 10.2 Å². The van der Waals surface area contributed by atoms with Crippen LogP contribution in [0.2, 0.25) is 0 Å². The monoisotopic (exact) mass is 305 g/mol. The second kappa shape index (κ2) is 8.97. The maximum absolute atomic E-state index is 12.3. The van der Waals surface area contributed by atoms with Crippen LogP contribution in [-0.4, -0.2) is 68.7 Å². The first-order valence-corrected chi connectivity index (χ1v) is 9.57. The fourth-order valence-corrected chi connectivity index (χ4v) is 3.75. The molecule has 1 fully saturated rings. The summed E-state index contributed by atoms with van der Waals surface area (Å²) in [4.78, 5) is 2.33. The Morgan fingerprint density at radius 1 is 1.05 bits per heavy atom. The van der Waals surface area contributed by atoms with E-state index in [0.29, 0.717) is 25.7 Å². The minimum Gasteiger partial charge on any atom is -0.313 e. The molecule has 0 amide bonds. The molecule has 6 heteroatoms. The summed E-state index contributed by atoms with van der Waals surface area (Å²) in [6.07, 6.45) is 3.30. The molecule has 0 aliphatic heterocycles. The molecule has 0 spiro atoms. The van der Waals surface area contributed by atoms with Gasteiger partial charge in [0.25, 0.3) is 0 Å². The minimum absolute atomic E-state index is 0.225. The first-order valence-electron chi connectivity index (χ1n) is 7.97. The fourth-order valence-electron chi connectivity index (χ4n) is 2.31. The van der Waals surface area contributed by atoms with Gasteiger partial charge in [-0.3, -0.25) is 0 Å². The topological polar surface area (TPSA) is 52.7 Å². The highest BCUT2D eigenvalue weighted by atomic mass is 32.2. The number of sulfonamides is 1. The normalized spacial score (nSPS) is 16.2. The third-order valence-electron chi connectivity index (χ3n) is 3.89. The molecule has 1 rings (SSSR count). The van der Waals surface area contributed by atoms with Gasteiger partial charge in [0.2, 0.25) is 10.0 Å². The molecule has 1 aliphatic rings. The summed E-state index contributed by atoms with van der Waals surface area (Å²) >= 11 is 0. The van der Waals surface area contributed by atoms with Crippen molar-refractivity contribution < 1.29 is 8.42 Å². The molecule has 0 saturated heterocycles. The number of hydrogen-bond donors (Lipinski definition) is 1. The molecule has 0 heterocycles. The summed E-state index contributed by atoms with van der Waals surface area (Å²) in [5.41, 5.74) is 0. The van der Waals surface area contributed by atoms with Crippen LogP contribution in [0, 0.1) is 0 Å². The van der Waals surface area contributed by atoms with Crippen LogP contribution in [-0.2, 0) is 10.0 Å². The van der Waals surface area contributed by atoms with Gasteiger partial charge in [-0.2, -0.15) is 0 Å². The summed E-state index contributed by atoms with van der Waals surface area (Å²) in [5, 5.41) is 3.27. The Morgan fingerprint density at radius 2 is 1.70 bits per heavy atom. The lowest BCUT2D eigenvalue weighted by Gasteiger charge is -2.23. The van der Waals surface area contributed by atoms with Crippen LogP contribution in [0.5, 0.6) is 0 Å². The summed E-state index contributed by atoms with van der Waals surface area (Å²) in [6.45, 7) is 11.0. The molecule has 0 aromatic heterocycles. The molecule has 0 aromatic carbocycles. The molecule has 1 N–H and O–H groups in total. The van der Waals surface area contributed by atoms with Crippen LogP contribution >= 0.6 is 0 Å². The van der Waals surface area contributed by atoms with Crippen molar-refractivity contribution in [2.75, 3.05) is 45.0 Å². The van der Waals surface area contributed by atoms with Crippen molar-refractivity contribution in [3.63, 3.8) is 0 Å². The second-order valence-corrected chi connectivity index (χ2v) is 7.50. The van der Waals surface area contributed by atoms with E-state index in [9.17, 15) is 8.42 Å². The van der Waals surface area contributed by atoms with Crippen LogP contribution in [0.3, 0.4) is 0 Å². The molecule has 5 nitrogen and oxygen atoms in total. The van der Waals surface area contributed by atoms with E-state index in [2.05, 4.69) is 24.1 Å². The smallest absolute Gasteiger partial charge is 0.215 e. The minimum atomic E-state index is -3.10. The largest absolute Gasteiger partial charge is 0.313 e. The molecule has 20 heavy (non-hydrogen) atoms. The second-order valence-electron chi connectivity index (χ2n) is 5.42. The van der Waals surface area contributed by atoms with Crippen LogP contribution in [0.15, 0.2) is 0 Å². The SMILES string of the molecule is CCN(CC)CCCN(CC)S(=O)(=O)CCNC1CC1. The lowest BCUT2D eigenvalue weighted by Crippen LogP contribution is -2.38. The standard InChI is InChI=1S/C14H31N3O2S/c1-4-16(5-2)11-7-12-17(6-3)20(18,19)13-10-15-14-8-9-14/h14-15H,4-13H2,1-3H3. The summed E-state index contributed by atoms with van der Waals surface area (Å²) < 4.78 is 26.1. The molecule has 0 bridgehead atoms. The highest BCUT2D eigenvalue weighted by Gasteiger charge is 2.23. The van der Waals surface area contributed by atoms with Crippen molar-refractivity contribution in [3.8, 4) is 0 Å². The molecule has 1 saturated carbocycles. The maximum atomic E-state index is 12.3. The van der Waals surface area contributed by atoms with E-state index in [1.54, 1.807) is 4.31 Å². The van der Waals surface area contributed by atoms with E-state index in [4.69, 9.17) is 0 Å². The quantitative estimate of drug-likeness (QED) is 0.587. The maximum Gasteiger partial charge on any atom is 0.215 e. The van der Waals surface area contributed by atoms with E-state index >= 15 is 0 Å². The Hall–Kier alpha value is -0.170. The molecule has 0 aromatic rings. The van der Waals surface area contributed by atoms with Crippen molar-refractivity contribution >= 4 is 10.0 Å². The zero-order valence-corrected chi connectivity index (χ0v) is 14.1. The van der Waals surface area contributed by atoms with Crippen molar-refractivity contribution in [3.05, 3.63) is 0 Å². The lowest BCUT2D eigenvalue weighted by molar-refractivity contribution is 0.285. The lowest BCUT2D eigenvalue weighted by atomic mass is 10.3. The van der Waals surface area contributed by atoms with Gasteiger partial charge in [-0.05, 0) is 38.9 Å². The Bertz CT molecular complexity index is 351. The molecule has 0 radical (unpaired) electrons. The summed E-state index contributed by atoms with van der Waals surface area (Å²) in [6, 6.07) is 0.572. The summed E-state index contributed by atoms with van der Waals surface area (Å²) in [7, 11) is -3.10. The average Bonchev–Trinajstić information content (AvgIpc) is 3.23.